The molecule has 2 N–H and O–H groups in total. The van der Waals surface area contributed by atoms with Crippen LogP contribution in [0.15, 0.2) is 36.4 Å². The molecule has 2 aliphatic rings. The van der Waals surface area contributed by atoms with Gasteiger partial charge in [-0.25, -0.2) is 0 Å². The van der Waals surface area contributed by atoms with Crippen LogP contribution < -0.4 is 10.1 Å². The molecule has 2 amide bonds. The Kier molecular flexibility index (Phi) is 8.04. The van der Waals surface area contributed by atoms with Crippen molar-refractivity contribution >= 4 is 11.8 Å². The number of alkyl halides is 3. The maximum absolute atomic E-state index is 13.0. The fraction of sp³-hybridized carbons (Fsp3) is 0.500. The van der Waals surface area contributed by atoms with Crippen LogP contribution in [-0.4, -0.2) is 71.1 Å². The van der Waals surface area contributed by atoms with Crippen LogP contribution in [0.2, 0.25) is 0 Å². The zero-order chi connectivity index (χ0) is 27.8. The van der Waals surface area contributed by atoms with Crippen LogP contribution in [0.4, 0.5) is 13.2 Å². The molecule has 0 aliphatic carbocycles. The van der Waals surface area contributed by atoms with Crippen LogP contribution in [0, 0.1) is 13.8 Å². The molecule has 2 saturated heterocycles. The van der Waals surface area contributed by atoms with Crippen molar-refractivity contribution in [3.8, 4) is 5.75 Å². The molecule has 2 aromatic rings. The monoisotopic (exact) mass is 533 g/mol. The summed E-state index contributed by atoms with van der Waals surface area (Å²) in [5.74, 6) is 0.237. The molecule has 0 saturated carbocycles. The van der Waals surface area contributed by atoms with Gasteiger partial charge in [0.1, 0.15) is 18.5 Å². The van der Waals surface area contributed by atoms with Gasteiger partial charge in [-0.05, 0) is 74.2 Å². The van der Waals surface area contributed by atoms with Gasteiger partial charge in [0, 0.05) is 50.2 Å². The first-order valence-corrected chi connectivity index (χ1v) is 12.8. The Hall–Kier alpha value is -3.11. The van der Waals surface area contributed by atoms with Gasteiger partial charge in [0.05, 0.1) is 5.56 Å². The highest BCUT2D eigenvalue weighted by atomic mass is 19.4. The fourth-order valence-corrected chi connectivity index (χ4v) is 5.50. The summed E-state index contributed by atoms with van der Waals surface area (Å²) < 4.78 is 44.4. The van der Waals surface area contributed by atoms with Crippen LogP contribution in [0.25, 0.3) is 0 Å². The molecule has 206 valence electrons. The van der Waals surface area contributed by atoms with E-state index >= 15 is 0 Å². The smallest absolute Gasteiger partial charge is 0.416 e. The van der Waals surface area contributed by atoms with E-state index in [1.807, 2.05) is 26.0 Å². The van der Waals surface area contributed by atoms with Gasteiger partial charge in [0.25, 0.3) is 5.91 Å². The second-order valence-electron chi connectivity index (χ2n) is 10.3. The van der Waals surface area contributed by atoms with Gasteiger partial charge in [0.2, 0.25) is 5.91 Å². The lowest BCUT2D eigenvalue weighted by Crippen LogP contribution is -2.49. The number of nitrogens with one attached hydrogen (secondary N) is 1. The number of piperazine rings is 1. The van der Waals surface area contributed by atoms with Gasteiger partial charge in [0.15, 0.2) is 0 Å². The number of likely N-dealkylation sites (tertiary alicyclic amines) is 2. The number of hydrogen-bond donors (Lipinski definition) is 2. The lowest BCUT2D eigenvalue weighted by Gasteiger charge is -2.38. The van der Waals surface area contributed by atoms with Crippen molar-refractivity contribution in [2.45, 2.75) is 64.5 Å². The average Bonchev–Trinajstić information content (AvgIpc) is 3.48. The Bertz CT molecular complexity index is 1190. The summed E-state index contributed by atoms with van der Waals surface area (Å²) in [4.78, 5) is 28.2. The summed E-state index contributed by atoms with van der Waals surface area (Å²) in [5, 5.41) is 12.6. The third-order valence-corrected chi connectivity index (χ3v) is 7.75. The maximum Gasteiger partial charge on any atom is 0.416 e. The largest absolute Gasteiger partial charge is 0.491 e. The molecule has 2 heterocycles. The highest BCUT2D eigenvalue weighted by Crippen LogP contribution is 2.39. The van der Waals surface area contributed by atoms with E-state index in [0.717, 1.165) is 35.2 Å². The Morgan fingerprint density at radius 3 is 2.34 bits per heavy atom. The average molecular weight is 534 g/mol. The first-order chi connectivity index (χ1) is 17.9. The Labute approximate surface area is 220 Å². The minimum atomic E-state index is -4.43. The summed E-state index contributed by atoms with van der Waals surface area (Å²) in [5.41, 5.74) is 2.73. The van der Waals surface area contributed by atoms with Crippen LogP contribution in [-0.2, 0) is 11.0 Å². The number of amides is 2. The van der Waals surface area contributed by atoms with Crippen molar-refractivity contribution in [1.29, 1.82) is 0 Å². The van der Waals surface area contributed by atoms with E-state index in [2.05, 4.69) is 17.1 Å². The number of aliphatic hydroxyl groups is 1. The van der Waals surface area contributed by atoms with E-state index in [-0.39, 0.29) is 48.7 Å². The molecule has 7 nitrogen and oxygen atoms in total. The second-order valence-corrected chi connectivity index (χ2v) is 10.3. The van der Waals surface area contributed by atoms with Crippen molar-refractivity contribution in [3.05, 3.63) is 64.2 Å². The maximum atomic E-state index is 13.0. The van der Waals surface area contributed by atoms with E-state index in [1.165, 1.54) is 19.1 Å². The predicted octanol–water partition coefficient (Wildman–Crippen LogP) is 3.86. The summed E-state index contributed by atoms with van der Waals surface area (Å²) in [6, 6.07) is 8.65. The van der Waals surface area contributed by atoms with Crippen molar-refractivity contribution in [2.24, 2.45) is 0 Å². The molecule has 0 aromatic heterocycles. The number of nitrogens with zero attached hydrogens (tertiary/aromatic N) is 2. The molecule has 0 spiro atoms. The number of benzene rings is 2. The first kappa shape index (κ1) is 27.9. The zero-order valence-electron chi connectivity index (χ0n) is 22.0. The minimum Gasteiger partial charge on any atom is -0.491 e. The molecule has 4 rings (SSSR count). The van der Waals surface area contributed by atoms with Crippen LogP contribution in [0.1, 0.15) is 58.9 Å². The minimum absolute atomic E-state index is 0.0198. The molecule has 2 fully saturated rings. The van der Waals surface area contributed by atoms with Gasteiger partial charge in [-0.2, -0.15) is 13.2 Å². The quantitative estimate of drug-likeness (QED) is 0.539. The molecule has 0 radical (unpaired) electrons. The van der Waals surface area contributed by atoms with Crippen molar-refractivity contribution in [3.63, 3.8) is 0 Å². The number of fused-ring (bicyclic) bond motifs is 2. The zero-order valence-corrected chi connectivity index (χ0v) is 22.0. The molecule has 4 atom stereocenters. The van der Waals surface area contributed by atoms with E-state index in [0.29, 0.717) is 18.8 Å². The predicted molar refractivity (Wildman–Crippen MR) is 136 cm³/mol. The van der Waals surface area contributed by atoms with Crippen molar-refractivity contribution in [2.75, 3.05) is 26.2 Å². The van der Waals surface area contributed by atoms with Gasteiger partial charge < -0.3 is 20.1 Å². The third-order valence-electron chi connectivity index (χ3n) is 7.75. The number of carbonyl (C=O) groups is 2. The van der Waals surface area contributed by atoms with Crippen molar-refractivity contribution < 1.29 is 32.6 Å². The number of halogens is 3. The third kappa shape index (κ3) is 5.81. The standard InChI is InChI=1S/C28H34F3N3O4/c1-16-17(2)26(38-15-24(36)12-32-19(4)35)10-9-25(16)18(3)33-13-23-11-22(33)14-34(23)27(37)20-5-7-21(8-6-20)28(29,30)31/h5-10,18,22-24,36H,11-15H2,1-4H3,(H,32,35)/t18-,22-,23-,24+/m0/s1. The summed E-state index contributed by atoms with van der Waals surface area (Å²) in [7, 11) is 0. The van der Waals surface area contributed by atoms with Crippen molar-refractivity contribution in [1.82, 2.24) is 15.1 Å². The van der Waals surface area contributed by atoms with E-state index in [1.54, 1.807) is 4.90 Å². The van der Waals surface area contributed by atoms with E-state index in [9.17, 15) is 27.9 Å². The van der Waals surface area contributed by atoms with E-state index < -0.39 is 17.8 Å². The molecule has 38 heavy (non-hydrogen) atoms. The van der Waals surface area contributed by atoms with Crippen LogP contribution in [0.5, 0.6) is 5.75 Å². The number of aliphatic hydroxyl groups excluding tert-OH is 1. The SMILES string of the molecule is CC(=O)NC[C@@H](O)COc1ccc([C@H](C)N2C[C@@H]3C[C@H]2CN3C(=O)c2ccc(C(F)(F)F)cc2)c(C)c1C. The first-order valence-electron chi connectivity index (χ1n) is 12.8. The number of hydrogen-bond acceptors (Lipinski definition) is 5. The van der Waals surface area contributed by atoms with Gasteiger partial charge in [-0.15, -0.1) is 0 Å². The van der Waals surface area contributed by atoms with Gasteiger partial charge in [-0.3, -0.25) is 14.5 Å². The molecule has 2 aromatic carbocycles. The molecule has 2 bridgehead atoms. The second kappa shape index (κ2) is 10.9. The Balaban J connectivity index is 1.38. The fourth-order valence-electron chi connectivity index (χ4n) is 5.50. The van der Waals surface area contributed by atoms with Gasteiger partial charge >= 0.3 is 6.18 Å². The summed E-state index contributed by atoms with van der Waals surface area (Å²) >= 11 is 0. The number of rotatable bonds is 8. The number of ether oxygens (including phenoxy) is 1. The topological polar surface area (TPSA) is 82.1 Å². The molecular weight excluding hydrogens is 499 g/mol. The Morgan fingerprint density at radius 1 is 1.08 bits per heavy atom. The Morgan fingerprint density at radius 2 is 1.76 bits per heavy atom. The summed E-state index contributed by atoms with van der Waals surface area (Å²) in [6.45, 7) is 8.97. The van der Waals surface area contributed by atoms with E-state index in [4.69, 9.17) is 4.74 Å². The van der Waals surface area contributed by atoms with Gasteiger partial charge in [-0.1, -0.05) is 6.07 Å². The molecule has 10 heteroatoms. The lowest BCUT2D eigenvalue weighted by atomic mass is 9.96. The molecule has 2 aliphatic heterocycles. The summed E-state index contributed by atoms with van der Waals surface area (Å²) in [6.07, 6.45) is -4.41. The highest BCUT2D eigenvalue weighted by molar-refractivity contribution is 5.94. The lowest BCUT2D eigenvalue weighted by molar-refractivity contribution is -0.137. The normalized spacial score (nSPS) is 20.9. The van der Waals surface area contributed by atoms with Crippen LogP contribution >= 0.6 is 0 Å². The highest BCUT2D eigenvalue weighted by Gasteiger charge is 2.47. The number of carbonyl (C=O) groups excluding carboxylic acids is 2. The molecule has 0 unspecified atom stereocenters. The van der Waals surface area contributed by atoms with Crippen LogP contribution in [0.3, 0.4) is 0 Å². The molecular formula is C28H34F3N3O4.